The molecule has 0 saturated carbocycles. The third-order valence-corrected chi connectivity index (χ3v) is 8.95. The van der Waals surface area contributed by atoms with Gasteiger partial charge in [-0.25, -0.2) is 0 Å². The van der Waals surface area contributed by atoms with Gasteiger partial charge in [0.05, 0.1) is 22.2 Å². The van der Waals surface area contributed by atoms with E-state index in [9.17, 15) is 0 Å². The molecule has 0 aromatic carbocycles. The molecule has 0 radical (unpaired) electrons. The molecule has 5 heterocycles. The van der Waals surface area contributed by atoms with Crippen molar-refractivity contribution in [2.75, 3.05) is 0 Å². The van der Waals surface area contributed by atoms with Crippen LogP contribution in [0.5, 0.6) is 0 Å². The molecule has 2 aromatic rings. The third-order valence-electron chi connectivity index (χ3n) is 5.34. The summed E-state index contributed by atoms with van der Waals surface area (Å²) < 4.78 is 0. The number of nitrogens with one attached hydrogen (secondary N) is 2. The zero-order valence-electron chi connectivity index (χ0n) is 15.1. The Morgan fingerprint density at radius 1 is 0.800 bits per heavy atom. The molecule has 3 aliphatic rings. The van der Waals surface area contributed by atoms with E-state index in [4.69, 9.17) is 69.6 Å². The molecule has 3 aliphatic heterocycles. The number of aromatic nitrogens is 2. The number of aliphatic imine (C=N–C) groups is 2. The average Bonchev–Trinajstić information content (AvgIpc) is 3.48. The van der Waals surface area contributed by atoms with Gasteiger partial charge in [0, 0.05) is 22.1 Å². The van der Waals surface area contributed by atoms with E-state index in [0.717, 1.165) is 22.1 Å². The summed E-state index contributed by atoms with van der Waals surface area (Å²) in [5, 5.41) is -1.22. The molecular weight excluding hydrogens is 509 g/mol. The number of nitrogens with zero attached hydrogens (tertiary/aromatic N) is 2. The number of rotatable bonds is 0. The number of fused-ring (bicyclic) bond motifs is 6. The first kappa shape index (κ1) is 21.0. The SMILES string of the molecule is ClC1C2=NC(Cl)(C(Cl)C3=NC(Cl)(C=C3)C(Cl)c3ccc([nH]3)C=c3ccc([nH]3)=C2)C1Cl. The molecule has 0 saturated heterocycles. The molecule has 5 rings (SSSR count). The first-order valence-corrected chi connectivity index (χ1v) is 11.6. The van der Waals surface area contributed by atoms with Crippen LogP contribution < -0.4 is 10.7 Å². The highest BCUT2D eigenvalue weighted by Gasteiger charge is 2.54. The largest absolute Gasteiger partial charge is 0.357 e. The molecule has 30 heavy (non-hydrogen) atoms. The van der Waals surface area contributed by atoms with Crippen LogP contribution in [0.1, 0.15) is 16.8 Å². The summed E-state index contributed by atoms with van der Waals surface area (Å²) in [6.07, 6.45) is 7.18. The Bertz CT molecular complexity index is 1230. The van der Waals surface area contributed by atoms with Crippen LogP contribution in [0, 0.1) is 0 Å². The Balaban J connectivity index is 1.73. The van der Waals surface area contributed by atoms with Crippen LogP contribution >= 0.6 is 69.6 Å². The minimum Gasteiger partial charge on any atom is -0.357 e. The van der Waals surface area contributed by atoms with Gasteiger partial charge < -0.3 is 9.97 Å². The van der Waals surface area contributed by atoms with Gasteiger partial charge >= 0.3 is 0 Å². The van der Waals surface area contributed by atoms with Crippen LogP contribution in [-0.2, 0) is 0 Å². The van der Waals surface area contributed by atoms with E-state index < -0.39 is 31.5 Å². The predicted octanol–water partition coefficient (Wildman–Crippen LogP) is 4.40. The van der Waals surface area contributed by atoms with E-state index in [-0.39, 0.29) is 0 Å². The quantitative estimate of drug-likeness (QED) is 0.380. The smallest absolute Gasteiger partial charge is 0.174 e. The Labute approximate surface area is 202 Å². The van der Waals surface area contributed by atoms with E-state index in [1.54, 1.807) is 12.2 Å². The molecule has 6 unspecified atom stereocenters. The van der Waals surface area contributed by atoms with Gasteiger partial charge in [0.15, 0.2) is 10.00 Å². The lowest BCUT2D eigenvalue weighted by Gasteiger charge is -2.28. The molecule has 6 atom stereocenters. The van der Waals surface area contributed by atoms with Gasteiger partial charge in [-0.2, -0.15) is 0 Å². The topological polar surface area (TPSA) is 56.3 Å². The zero-order valence-corrected chi connectivity index (χ0v) is 19.6. The molecule has 2 N–H and O–H groups in total. The summed E-state index contributed by atoms with van der Waals surface area (Å²) in [4.78, 5) is 13.1. The third kappa shape index (κ3) is 3.28. The van der Waals surface area contributed by atoms with Crippen molar-refractivity contribution in [1.29, 1.82) is 0 Å². The molecule has 8 bridgehead atoms. The van der Waals surface area contributed by atoms with Crippen molar-refractivity contribution in [1.82, 2.24) is 9.97 Å². The first-order chi connectivity index (χ1) is 14.2. The van der Waals surface area contributed by atoms with E-state index in [2.05, 4.69) is 20.0 Å². The second-order valence-electron chi connectivity index (χ2n) is 7.42. The summed E-state index contributed by atoms with van der Waals surface area (Å²) in [5.41, 5.74) is 2.57. The second kappa shape index (κ2) is 7.33. The Kier molecular flexibility index (Phi) is 5.13. The van der Waals surface area contributed by atoms with Crippen LogP contribution in [0.2, 0.25) is 0 Å². The van der Waals surface area contributed by atoms with Crippen molar-refractivity contribution in [2.24, 2.45) is 9.98 Å². The molecule has 0 fully saturated rings. The maximum atomic E-state index is 6.83. The Morgan fingerprint density at radius 3 is 2.30 bits per heavy atom. The summed E-state index contributed by atoms with van der Waals surface area (Å²) in [6.45, 7) is 0. The lowest BCUT2D eigenvalue weighted by Crippen LogP contribution is -2.44. The molecule has 0 amide bonds. The standard InChI is InChI=1S/C20H14Cl6N4/c21-15-14-8-11-2-1-9(27-11)7-10-3-4-12(28-10)16(22)19(25)6-5-13(29-19)17(23)20(26,30-14)18(15)24/h1-8,15-18,27-28H. The summed E-state index contributed by atoms with van der Waals surface area (Å²) >= 11 is 40.2. The van der Waals surface area contributed by atoms with E-state index in [1.165, 1.54) is 0 Å². The van der Waals surface area contributed by atoms with Gasteiger partial charge in [0.25, 0.3) is 0 Å². The predicted molar refractivity (Wildman–Crippen MR) is 128 cm³/mol. The minimum absolute atomic E-state index is 0.444. The number of alkyl halides is 6. The van der Waals surface area contributed by atoms with E-state index >= 15 is 0 Å². The maximum Gasteiger partial charge on any atom is 0.174 e. The fourth-order valence-electron chi connectivity index (χ4n) is 3.75. The number of hydrogen-bond acceptors (Lipinski definition) is 2. The highest BCUT2D eigenvalue weighted by atomic mass is 35.5. The van der Waals surface area contributed by atoms with Gasteiger partial charge in [-0.05, 0) is 48.6 Å². The van der Waals surface area contributed by atoms with Crippen molar-refractivity contribution in [2.45, 2.75) is 31.5 Å². The van der Waals surface area contributed by atoms with Gasteiger partial charge in [-0.15, -0.1) is 46.4 Å². The van der Waals surface area contributed by atoms with E-state index in [1.807, 2.05) is 36.4 Å². The normalized spacial score (nSPS) is 37.4. The molecule has 10 heteroatoms. The lowest BCUT2D eigenvalue weighted by atomic mass is 10.0. The lowest BCUT2D eigenvalue weighted by molar-refractivity contribution is 0.635. The Hall–Kier alpha value is -0.880. The average molecular weight is 523 g/mol. The van der Waals surface area contributed by atoms with Gasteiger partial charge in [-0.1, -0.05) is 23.2 Å². The number of allylic oxidation sites excluding steroid dienone is 1. The molecule has 156 valence electrons. The number of H-pyrrole nitrogens is 2. The van der Waals surface area contributed by atoms with Gasteiger partial charge in [0.2, 0.25) is 0 Å². The number of halogens is 6. The van der Waals surface area contributed by atoms with Crippen molar-refractivity contribution < 1.29 is 0 Å². The van der Waals surface area contributed by atoms with Crippen molar-refractivity contribution >= 4 is 93.2 Å². The first-order valence-electron chi connectivity index (χ1n) is 9.10. The van der Waals surface area contributed by atoms with Crippen LogP contribution in [0.25, 0.3) is 12.2 Å². The molecule has 2 aromatic heterocycles. The van der Waals surface area contributed by atoms with Crippen LogP contribution in [-0.4, -0.2) is 47.5 Å². The maximum absolute atomic E-state index is 6.83. The fourth-order valence-corrected chi connectivity index (χ4v) is 5.66. The Morgan fingerprint density at radius 2 is 1.53 bits per heavy atom. The van der Waals surface area contributed by atoms with Crippen molar-refractivity contribution in [3.63, 3.8) is 0 Å². The van der Waals surface area contributed by atoms with Crippen molar-refractivity contribution in [3.05, 3.63) is 58.5 Å². The molecular formula is C20H14Cl6N4. The van der Waals surface area contributed by atoms with Gasteiger partial charge in [-0.3, -0.25) is 9.98 Å². The zero-order chi connectivity index (χ0) is 21.3. The van der Waals surface area contributed by atoms with Gasteiger partial charge in [0.1, 0.15) is 10.8 Å². The summed E-state index contributed by atoms with van der Waals surface area (Å²) in [6, 6.07) is 7.66. The number of aromatic amines is 2. The fraction of sp³-hybridized carbons (Fsp3) is 0.300. The monoisotopic (exact) mass is 520 g/mol. The van der Waals surface area contributed by atoms with Crippen LogP contribution in [0.15, 0.2) is 46.4 Å². The summed E-state index contributed by atoms with van der Waals surface area (Å²) in [5.74, 6) is 0. The van der Waals surface area contributed by atoms with Crippen molar-refractivity contribution in [3.8, 4) is 0 Å². The van der Waals surface area contributed by atoms with E-state index in [0.29, 0.717) is 11.4 Å². The number of hydrogen-bond donors (Lipinski definition) is 2. The molecule has 4 nitrogen and oxygen atoms in total. The minimum atomic E-state index is -1.40. The second-order valence-corrected chi connectivity index (χ2v) is 10.4. The molecule has 0 spiro atoms. The van der Waals surface area contributed by atoms with Crippen LogP contribution in [0.3, 0.4) is 0 Å². The molecule has 0 aliphatic carbocycles. The highest BCUT2D eigenvalue weighted by Crippen LogP contribution is 2.47. The highest BCUT2D eigenvalue weighted by molar-refractivity contribution is 6.51. The van der Waals surface area contributed by atoms with Crippen LogP contribution in [0.4, 0.5) is 0 Å². The summed E-state index contributed by atoms with van der Waals surface area (Å²) in [7, 11) is 0.